The number of rotatable bonds is 18. The van der Waals surface area contributed by atoms with Crippen LogP contribution in [0.1, 0.15) is 88.7 Å². The number of carbonyl (C=O) groups excluding carboxylic acids is 1. The highest BCUT2D eigenvalue weighted by Gasteiger charge is 2.37. The van der Waals surface area contributed by atoms with Crippen molar-refractivity contribution in [1.29, 1.82) is 0 Å². The number of thioether (sulfide) groups is 1. The van der Waals surface area contributed by atoms with Crippen LogP contribution in [0.2, 0.25) is 0 Å². The third-order valence-electron chi connectivity index (χ3n) is 7.19. The molecule has 0 amide bonds. The number of hydrogen-bond acceptors (Lipinski definition) is 7. The molecule has 0 aliphatic carbocycles. The molecule has 1 fully saturated rings. The number of carbonyl (C=O) groups is 1. The fourth-order valence-corrected chi connectivity index (χ4v) is 6.39. The topological polar surface area (TPSA) is 69.5 Å². The molecule has 6 nitrogen and oxygen atoms in total. The molecular formula is C33H44N2O4S. The van der Waals surface area contributed by atoms with Crippen LogP contribution in [0.25, 0.3) is 0 Å². The minimum atomic E-state index is -0.501. The van der Waals surface area contributed by atoms with Gasteiger partial charge in [0.1, 0.15) is 0 Å². The van der Waals surface area contributed by atoms with Crippen LogP contribution in [0, 0.1) is 0 Å². The maximum absolute atomic E-state index is 11.6. The van der Waals surface area contributed by atoms with Gasteiger partial charge in [0.05, 0.1) is 31.2 Å². The van der Waals surface area contributed by atoms with Gasteiger partial charge in [-0.15, -0.1) is 11.8 Å². The van der Waals surface area contributed by atoms with Gasteiger partial charge < -0.3 is 14.2 Å². The molecule has 0 unspecified atom stereocenters. The van der Waals surface area contributed by atoms with E-state index in [1.54, 1.807) is 0 Å². The smallest absolute Gasteiger partial charge is 0.305 e. The fourth-order valence-electron chi connectivity index (χ4n) is 5.11. The Kier molecular flexibility index (Phi) is 12.7. The molecular weight excluding hydrogens is 520 g/mol. The zero-order chi connectivity index (χ0) is 27.9. The van der Waals surface area contributed by atoms with E-state index in [0.29, 0.717) is 13.0 Å². The average Bonchev–Trinajstić information content (AvgIpc) is 3.64. The predicted octanol–water partition coefficient (Wildman–Crippen LogP) is 7.59. The van der Waals surface area contributed by atoms with Crippen molar-refractivity contribution in [3.63, 3.8) is 0 Å². The van der Waals surface area contributed by atoms with Gasteiger partial charge in [-0.3, -0.25) is 4.79 Å². The van der Waals surface area contributed by atoms with E-state index in [9.17, 15) is 4.79 Å². The van der Waals surface area contributed by atoms with Crippen molar-refractivity contribution in [2.24, 2.45) is 9.98 Å². The molecule has 0 N–H and O–H groups in total. The minimum absolute atomic E-state index is 0.0119. The molecule has 0 atom stereocenters. The van der Waals surface area contributed by atoms with E-state index < -0.39 is 4.99 Å². The Morgan fingerprint density at radius 3 is 2.02 bits per heavy atom. The summed E-state index contributed by atoms with van der Waals surface area (Å²) in [5.74, 6) is 0.931. The number of unbranched alkanes of at least 4 members (excludes halogenated alkanes) is 6. The van der Waals surface area contributed by atoms with Gasteiger partial charge in [0, 0.05) is 24.0 Å². The predicted molar refractivity (Wildman–Crippen MR) is 164 cm³/mol. The Hall–Kier alpha value is -2.48. The summed E-state index contributed by atoms with van der Waals surface area (Å²) in [7, 11) is 0. The van der Waals surface area contributed by atoms with E-state index in [1.807, 2.05) is 30.8 Å². The van der Waals surface area contributed by atoms with Crippen LogP contribution in [-0.4, -0.2) is 54.3 Å². The van der Waals surface area contributed by atoms with Gasteiger partial charge in [-0.1, -0.05) is 86.3 Å². The van der Waals surface area contributed by atoms with Gasteiger partial charge >= 0.3 is 5.97 Å². The second-order valence-corrected chi connectivity index (χ2v) is 11.7. The first-order chi connectivity index (χ1) is 19.7. The highest BCUT2D eigenvalue weighted by Crippen LogP contribution is 2.40. The zero-order valence-corrected chi connectivity index (χ0v) is 24.7. The summed E-state index contributed by atoms with van der Waals surface area (Å²) >= 11 is 1.89. The lowest BCUT2D eigenvalue weighted by molar-refractivity contribution is -0.143. The standard InChI is InChI=1S/C33H44N2O4S/c1-2-37-29(36)21-13-4-3-5-15-23-33(40-26-16-8-14-22-30-38-24-25-39-30)34-31(27-17-9-6-10-18-27)32(35-33)28-19-11-7-12-20-28/h6-7,9-12,17-20,30H,2-5,8,13-16,21-26H2,1H3. The van der Waals surface area contributed by atoms with E-state index in [0.717, 1.165) is 106 Å². The van der Waals surface area contributed by atoms with Crippen LogP contribution in [0.3, 0.4) is 0 Å². The first-order valence-electron chi connectivity index (χ1n) is 15.0. The Morgan fingerprint density at radius 2 is 1.40 bits per heavy atom. The Balaban J connectivity index is 1.39. The molecule has 0 bridgehead atoms. The molecule has 7 heteroatoms. The molecule has 2 aliphatic rings. The summed E-state index contributed by atoms with van der Waals surface area (Å²) in [4.78, 5) is 21.9. The summed E-state index contributed by atoms with van der Waals surface area (Å²) in [6.07, 6.45) is 11.0. The van der Waals surface area contributed by atoms with Crippen molar-refractivity contribution in [2.45, 2.75) is 88.8 Å². The van der Waals surface area contributed by atoms with E-state index in [4.69, 9.17) is 24.2 Å². The average molecular weight is 565 g/mol. The van der Waals surface area contributed by atoms with Gasteiger partial charge in [0.2, 0.25) is 0 Å². The first kappa shape index (κ1) is 30.5. The lowest BCUT2D eigenvalue weighted by atomic mass is 10.0. The summed E-state index contributed by atoms with van der Waals surface area (Å²) in [5.41, 5.74) is 4.21. The maximum Gasteiger partial charge on any atom is 0.305 e. The van der Waals surface area contributed by atoms with E-state index in [2.05, 4.69) is 48.5 Å². The molecule has 40 heavy (non-hydrogen) atoms. The molecule has 0 spiro atoms. The van der Waals surface area contributed by atoms with E-state index >= 15 is 0 Å². The van der Waals surface area contributed by atoms with Crippen LogP contribution in [0.5, 0.6) is 0 Å². The van der Waals surface area contributed by atoms with Crippen LogP contribution in [0.15, 0.2) is 70.6 Å². The summed E-state index contributed by atoms with van der Waals surface area (Å²) in [6, 6.07) is 20.9. The van der Waals surface area contributed by atoms with E-state index in [1.165, 1.54) is 0 Å². The third-order valence-corrected chi connectivity index (χ3v) is 8.53. The van der Waals surface area contributed by atoms with Gasteiger partial charge in [-0.05, 0) is 44.8 Å². The van der Waals surface area contributed by atoms with Gasteiger partial charge in [-0.2, -0.15) is 0 Å². The number of benzene rings is 2. The van der Waals surface area contributed by atoms with Crippen molar-refractivity contribution in [3.8, 4) is 0 Å². The summed E-state index contributed by atoms with van der Waals surface area (Å²) in [5, 5.41) is 0. The van der Waals surface area contributed by atoms with Gasteiger partial charge in [-0.25, -0.2) is 9.98 Å². The lowest BCUT2D eigenvalue weighted by Gasteiger charge is -2.23. The lowest BCUT2D eigenvalue weighted by Crippen LogP contribution is -2.18. The Morgan fingerprint density at radius 1 is 0.825 bits per heavy atom. The first-order valence-corrected chi connectivity index (χ1v) is 16.0. The molecule has 4 rings (SSSR count). The van der Waals surface area contributed by atoms with Gasteiger partial charge in [0.25, 0.3) is 0 Å². The third kappa shape index (κ3) is 9.57. The molecule has 0 saturated carbocycles. The molecule has 1 saturated heterocycles. The SMILES string of the molecule is CCOC(=O)CCCCCCCC1(SCCCCCC2OCCO2)N=C(c2ccccc2)C(c2ccccc2)=N1. The van der Waals surface area contributed by atoms with Crippen molar-refractivity contribution in [1.82, 2.24) is 0 Å². The largest absolute Gasteiger partial charge is 0.466 e. The minimum Gasteiger partial charge on any atom is -0.466 e. The monoisotopic (exact) mass is 564 g/mol. The molecule has 0 radical (unpaired) electrons. The molecule has 0 aromatic heterocycles. The highest BCUT2D eigenvalue weighted by molar-refractivity contribution is 8.00. The normalized spacial score (nSPS) is 16.6. The van der Waals surface area contributed by atoms with Crippen molar-refractivity contribution >= 4 is 29.2 Å². The molecule has 2 aliphatic heterocycles. The zero-order valence-electron chi connectivity index (χ0n) is 23.9. The quantitative estimate of drug-likeness (QED) is 0.138. The number of nitrogens with zero attached hydrogens (tertiary/aromatic N) is 2. The second kappa shape index (κ2) is 16.7. The summed E-state index contributed by atoms with van der Waals surface area (Å²) in [6.45, 7) is 3.75. The molecule has 2 aromatic rings. The Bertz CT molecular complexity index is 1030. The molecule has 216 valence electrons. The van der Waals surface area contributed by atoms with Crippen LogP contribution >= 0.6 is 11.8 Å². The van der Waals surface area contributed by atoms with Crippen LogP contribution in [-0.2, 0) is 19.0 Å². The van der Waals surface area contributed by atoms with Gasteiger partial charge in [0.15, 0.2) is 11.3 Å². The molecule has 2 heterocycles. The number of esters is 1. The number of hydrogen-bond donors (Lipinski definition) is 0. The highest BCUT2D eigenvalue weighted by atomic mass is 32.2. The van der Waals surface area contributed by atoms with Crippen LogP contribution in [0.4, 0.5) is 0 Å². The van der Waals surface area contributed by atoms with Crippen molar-refractivity contribution < 1.29 is 19.0 Å². The van der Waals surface area contributed by atoms with E-state index in [-0.39, 0.29) is 12.3 Å². The second-order valence-electron chi connectivity index (χ2n) is 10.3. The maximum atomic E-state index is 11.6. The van der Waals surface area contributed by atoms with Crippen LogP contribution < -0.4 is 0 Å². The number of ether oxygens (including phenoxy) is 3. The Labute approximate surface area is 244 Å². The summed E-state index contributed by atoms with van der Waals surface area (Å²) < 4.78 is 16.2. The van der Waals surface area contributed by atoms with Crippen molar-refractivity contribution in [2.75, 3.05) is 25.6 Å². The fraction of sp³-hybridized carbons (Fsp3) is 0.545. The van der Waals surface area contributed by atoms with Crippen molar-refractivity contribution in [3.05, 3.63) is 71.8 Å². The number of aliphatic imine (C=N–C) groups is 2. The molecule has 2 aromatic carbocycles.